The fourth-order valence-electron chi connectivity index (χ4n) is 2.83. The lowest BCUT2D eigenvalue weighted by atomic mass is 9.90. The van der Waals surface area contributed by atoms with Gasteiger partial charge in [-0.15, -0.1) is 0 Å². The third kappa shape index (κ3) is 2.76. The van der Waals surface area contributed by atoms with E-state index in [1.165, 1.54) is 6.42 Å². The Kier molecular flexibility index (Phi) is 4.15. The molecule has 0 bridgehead atoms. The van der Waals surface area contributed by atoms with Crippen molar-refractivity contribution in [3.8, 4) is 0 Å². The first-order valence-electron chi connectivity index (χ1n) is 7.57. The molecule has 21 heavy (non-hydrogen) atoms. The number of pyridine rings is 1. The number of aliphatic hydroxyl groups is 1. The molecule has 0 aliphatic heterocycles. The number of aliphatic hydroxyl groups excluding tert-OH is 1. The number of amides is 1. The Morgan fingerprint density at radius 3 is 2.81 bits per heavy atom. The number of benzene rings is 1. The maximum atomic E-state index is 12.9. The van der Waals surface area contributed by atoms with Crippen molar-refractivity contribution in [3.63, 3.8) is 0 Å². The van der Waals surface area contributed by atoms with E-state index in [1.807, 2.05) is 29.2 Å². The molecule has 1 heterocycles. The van der Waals surface area contributed by atoms with E-state index < -0.39 is 0 Å². The number of aromatic nitrogens is 1. The predicted octanol–water partition coefficient (Wildman–Crippen LogP) is 2.61. The first-order valence-corrected chi connectivity index (χ1v) is 7.57. The molecule has 0 unspecified atom stereocenters. The molecule has 0 atom stereocenters. The van der Waals surface area contributed by atoms with Crippen LogP contribution in [0.2, 0.25) is 0 Å². The summed E-state index contributed by atoms with van der Waals surface area (Å²) in [4.78, 5) is 19.2. The van der Waals surface area contributed by atoms with Crippen LogP contribution in [0.1, 0.15) is 36.0 Å². The van der Waals surface area contributed by atoms with Gasteiger partial charge >= 0.3 is 0 Å². The van der Waals surface area contributed by atoms with Gasteiger partial charge in [0, 0.05) is 30.8 Å². The Hall–Kier alpha value is -1.94. The van der Waals surface area contributed by atoms with Gasteiger partial charge in [0.25, 0.3) is 5.91 Å². The molecule has 0 radical (unpaired) electrons. The van der Waals surface area contributed by atoms with Crippen molar-refractivity contribution >= 4 is 16.8 Å². The highest BCUT2D eigenvalue weighted by atomic mass is 16.3. The lowest BCUT2D eigenvalue weighted by molar-refractivity contribution is 0.0564. The van der Waals surface area contributed by atoms with Crippen LogP contribution in [0, 0.1) is 0 Å². The Bertz CT molecular complexity index is 632. The highest BCUT2D eigenvalue weighted by molar-refractivity contribution is 6.06. The molecule has 1 fully saturated rings. The van der Waals surface area contributed by atoms with E-state index in [1.54, 1.807) is 12.3 Å². The fourth-order valence-corrected chi connectivity index (χ4v) is 2.83. The lowest BCUT2D eigenvalue weighted by Gasteiger charge is -2.37. The molecule has 4 heteroatoms. The van der Waals surface area contributed by atoms with Gasteiger partial charge in [0.15, 0.2) is 0 Å². The Morgan fingerprint density at radius 1 is 1.29 bits per heavy atom. The minimum absolute atomic E-state index is 0.0618. The first-order chi connectivity index (χ1) is 10.3. The van der Waals surface area contributed by atoms with Crippen LogP contribution in [0.5, 0.6) is 0 Å². The van der Waals surface area contributed by atoms with Gasteiger partial charge in [-0.25, -0.2) is 0 Å². The minimum atomic E-state index is 0.0618. The van der Waals surface area contributed by atoms with Crippen LogP contribution in [0.3, 0.4) is 0 Å². The SMILES string of the molecule is O=C(c1ccnc2ccccc12)N(CCCO)C1CCC1. The highest BCUT2D eigenvalue weighted by Crippen LogP contribution is 2.28. The van der Waals surface area contributed by atoms with Gasteiger partial charge in [-0.3, -0.25) is 9.78 Å². The molecule has 1 aliphatic carbocycles. The van der Waals surface area contributed by atoms with E-state index in [4.69, 9.17) is 5.11 Å². The summed E-state index contributed by atoms with van der Waals surface area (Å²) in [5.41, 5.74) is 1.56. The summed E-state index contributed by atoms with van der Waals surface area (Å²) >= 11 is 0. The number of rotatable bonds is 5. The molecule has 110 valence electrons. The van der Waals surface area contributed by atoms with Crippen LogP contribution in [0.15, 0.2) is 36.5 Å². The van der Waals surface area contributed by atoms with Crippen molar-refractivity contribution in [3.05, 3.63) is 42.1 Å². The average Bonchev–Trinajstić information content (AvgIpc) is 2.48. The molecular formula is C17H20N2O2. The van der Waals surface area contributed by atoms with Gasteiger partial charge in [-0.05, 0) is 37.8 Å². The summed E-state index contributed by atoms with van der Waals surface area (Å²) < 4.78 is 0. The Morgan fingerprint density at radius 2 is 2.10 bits per heavy atom. The standard InChI is InChI=1S/C17H20N2O2/c20-12-4-11-19(13-5-3-6-13)17(21)15-9-10-18-16-8-2-1-7-14(15)16/h1-2,7-10,13,20H,3-6,11-12H2. The normalized spacial score (nSPS) is 14.9. The number of fused-ring (bicyclic) bond motifs is 1. The Labute approximate surface area is 124 Å². The van der Waals surface area contributed by atoms with Crippen molar-refractivity contribution in [1.29, 1.82) is 0 Å². The summed E-state index contributed by atoms with van der Waals surface area (Å²) in [6.07, 6.45) is 5.65. The van der Waals surface area contributed by atoms with Gasteiger partial charge < -0.3 is 10.0 Å². The van der Waals surface area contributed by atoms with Crippen LogP contribution in [-0.2, 0) is 0 Å². The van der Waals surface area contributed by atoms with Gasteiger partial charge in [0.2, 0.25) is 0 Å². The second kappa shape index (κ2) is 6.22. The number of hydrogen-bond donors (Lipinski definition) is 1. The molecule has 1 amide bonds. The molecule has 2 aromatic rings. The fraction of sp³-hybridized carbons (Fsp3) is 0.412. The maximum absolute atomic E-state index is 12.9. The smallest absolute Gasteiger partial charge is 0.254 e. The van der Waals surface area contributed by atoms with Crippen LogP contribution >= 0.6 is 0 Å². The number of hydrogen-bond acceptors (Lipinski definition) is 3. The van der Waals surface area contributed by atoms with Gasteiger partial charge in [-0.2, -0.15) is 0 Å². The molecule has 0 spiro atoms. The van der Waals surface area contributed by atoms with E-state index in [-0.39, 0.29) is 12.5 Å². The molecular weight excluding hydrogens is 264 g/mol. The summed E-state index contributed by atoms with van der Waals surface area (Å²) in [5.74, 6) is 0.0618. The third-order valence-corrected chi connectivity index (χ3v) is 4.21. The molecule has 1 aromatic heterocycles. The van der Waals surface area contributed by atoms with E-state index in [0.29, 0.717) is 24.6 Å². The second-order valence-corrected chi connectivity index (χ2v) is 5.54. The van der Waals surface area contributed by atoms with Crippen LogP contribution in [0.25, 0.3) is 10.9 Å². The molecule has 1 N–H and O–H groups in total. The van der Waals surface area contributed by atoms with Gasteiger partial charge in [-0.1, -0.05) is 18.2 Å². The van der Waals surface area contributed by atoms with Crippen molar-refractivity contribution < 1.29 is 9.90 Å². The third-order valence-electron chi connectivity index (χ3n) is 4.21. The molecule has 0 saturated heterocycles. The predicted molar refractivity (Wildman–Crippen MR) is 82.1 cm³/mol. The zero-order chi connectivity index (χ0) is 14.7. The lowest BCUT2D eigenvalue weighted by Crippen LogP contribution is -2.45. The maximum Gasteiger partial charge on any atom is 0.254 e. The van der Waals surface area contributed by atoms with Crippen molar-refractivity contribution in [2.75, 3.05) is 13.2 Å². The van der Waals surface area contributed by atoms with Crippen LogP contribution < -0.4 is 0 Å². The summed E-state index contributed by atoms with van der Waals surface area (Å²) in [5, 5.41) is 9.97. The largest absolute Gasteiger partial charge is 0.396 e. The van der Waals surface area contributed by atoms with Crippen molar-refractivity contribution in [2.24, 2.45) is 0 Å². The zero-order valence-electron chi connectivity index (χ0n) is 12.0. The summed E-state index contributed by atoms with van der Waals surface area (Å²) in [6.45, 7) is 0.740. The molecule has 3 rings (SSSR count). The highest BCUT2D eigenvalue weighted by Gasteiger charge is 2.29. The number of para-hydroxylation sites is 1. The molecule has 1 aliphatic rings. The van der Waals surface area contributed by atoms with Gasteiger partial charge in [0.05, 0.1) is 11.1 Å². The monoisotopic (exact) mass is 284 g/mol. The summed E-state index contributed by atoms with van der Waals surface area (Å²) in [7, 11) is 0. The van der Waals surface area contributed by atoms with E-state index in [9.17, 15) is 4.79 Å². The first kappa shape index (κ1) is 14.0. The minimum Gasteiger partial charge on any atom is -0.396 e. The number of carbonyl (C=O) groups excluding carboxylic acids is 1. The topological polar surface area (TPSA) is 53.4 Å². The van der Waals surface area contributed by atoms with E-state index >= 15 is 0 Å². The average molecular weight is 284 g/mol. The van der Waals surface area contributed by atoms with Crippen molar-refractivity contribution in [2.45, 2.75) is 31.7 Å². The van der Waals surface area contributed by atoms with E-state index in [0.717, 1.165) is 23.7 Å². The number of nitrogens with zero attached hydrogens (tertiary/aromatic N) is 2. The van der Waals surface area contributed by atoms with Crippen molar-refractivity contribution in [1.82, 2.24) is 9.88 Å². The Balaban J connectivity index is 1.93. The zero-order valence-corrected chi connectivity index (χ0v) is 12.0. The molecule has 1 saturated carbocycles. The molecule has 4 nitrogen and oxygen atoms in total. The van der Waals surface area contributed by atoms with Gasteiger partial charge in [0.1, 0.15) is 0 Å². The van der Waals surface area contributed by atoms with Crippen LogP contribution in [0.4, 0.5) is 0 Å². The van der Waals surface area contributed by atoms with Crippen LogP contribution in [-0.4, -0.2) is 40.1 Å². The molecule has 1 aromatic carbocycles. The van der Waals surface area contributed by atoms with E-state index in [2.05, 4.69) is 4.98 Å². The summed E-state index contributed by atoms with van der Waals surface area (Å²) in [6, 6.07) is 9.86. The quantitative estimate of drug-likeness (QED) is 0.918. The number of carbonyl (C=O) groups is 1. The second-order valence-electron chi connectivity index (χ2n) is 5.54.